The molecule has 2 aliphatic carbocycles. The zero-order chi connectivity index (χ0) is 20.7. The number of phenolic OH excluding ortho intramolecular Hbond substituents is 1. The van der Waals surface area contributed by atoms with Crippen molar-refractivity contribution in [2.75, 3.05) is 31.6 Å². The Morgan fingerprint density at radius 2 is 1.94 bits per heavy atom. The van der Waals surface area contributed by atoms with Gasteiger partial charge in [-0.15, -0.1) is 0 Å². The number of fused-ring (bicyclic) bond motifs is 1. The first-order valence-electron chi connectivity index (χ1n) is 11.8. The maximum atomic E-state index is 10.8. The number of hydrogen-bond donors (Lipinski definition) is 1. The topological polar surface area (TPSA) is 45.2 Å². The molecule has 1 spiro atoms. The number of likely N-dealkylation sites (N-methyl/N-ethyl adjacent to an activating group) is 1. The van der Waals surface area contributed by atoms with Crippen molar-refractivity contribution >= 4 is 5.69 Å². The molecule has 3 heterocycles. The number of anilines is 1. The van der Waals surface area contributed by atoms with E-state index in [0.717, 1.165) is 44.7 Å². The van der Waals surface area contributed by atoms with Gasteiger partial charge in [0.1, 0.15) is 6.10 Å². The van der Waals surface area contributed by atoms with E-state index in [1.54, 1.807) is 0 Å². The third-order valence-corrected chi connectivity index (χ3v) is 9.00. The number of nitrogens with zero attached hydrogens (tertiary/aromatic N) is 2. The van der Waals surface area contributed by atoms with Crippen LogP contribution in [-0.4, -0.2) is 54.9 Å². The Kier molecular flexibility index (Phi) is 3.78. The van der Waals surface area contributed by atoms with Crippen molar-refractivity contribution in [3.8, 4) is 11.5 Å². The SMILES string of the molecule is CN1CC[C@]23c4c5ccc(O)c4O[C@H]2[C@H](N2CCOCc4ccccc42)CC[C@H]3[C@@H]1C5. The second-order valence-electron chi connectivity index (χ2n) is 10.2. The van der Waals surface area contributed by atoms with Crippen molar-refractivity contribution in [3.63, 3.8) is 0 Å². The molecule has 2 aromatic carbocycles. The van der Waals surface area contributed by atoms with Crippen LogP contribution in [0, 0.1) is 5.92 Å². The highest BCUT2D eigenvalue weighted by molar-refractivity contribution is 5.62. The third-order valence-electron chi connectivity index (χ3n) is 9.00. The quantitative estimate of drug-likeness (QED) is 0.768. The molecule has 0 radical (unpaired) electrons. The number of rotatable bonds is 1. The number of benzene rings is 2. The van der Waals surface area contributed by atoms with Gasteiger partial charge >= 0.3 is 0 Å². The first-order chi connectivity index (χ1) is 15.2. The van der Waals surface area contributed by atoms with Crippen LogP contribution in [0.1, 0.15) is 36.0 Å². The zero-order valence-corrected chi connectivity index (χ0v) is 18.1. The Labute approximate surface area is 183 Å². The molecule has 5 nitrogen and oxygen atoms in total. The number of phenols is 1. The number of aromatic hydroxyl groups is 1. The number of ether oxygens (including phenoxy) is 2. The highest BCUT2D eigenvalue weighted by Gasteiger charge is 2.66. The van der Waals surface area contributed by atoms with Crippen LogP contribution in [-0.2, 0) is 23.2 Å². The van der Waals surface area contributed by atoms with Crippen LogP contribution in [0.5, 0.6) is 11.5 Å². The first-order valence-corrected chi connectivity index (χ1v) is 11.8. The molecule has 3 aliphatic heterocycles. The van der Waals surface area contributed by atoms with Crippen LogP contribution in [0.3, 0.4) is 0 Å². The van der Waals surface area contributed by atoms with E-state index in [9.17, 15) is 5.11 Å². The van der Waals surface area contributed by atoms with Gasteiger partial charge in [0.05, 0.1) is 19.3 Å². The lowest BCUT2D eigenvalue weighted by atomic mass is 9.51. The van der Waals surface area contributed by atoms with Crippen molar-refractivity contribution in [2.24, 2.45) is 5.92 Å². The zero-order valence-electron chi connectivity index (χ0n) is 18.1. The summed E-state index contributed by atoms with van der Waals surface area (Å²) < 4.78 is 12.8. The van der Waals surface area contributed by atoms with E-state index in [0.29, 0.717) is 30.4 Å². The van der Waals surface area contributed by atoms with Gasteiger partial charge in [-0.05, 0) is 62.9 Å². The van der Waals surface area contributed by atoms with Gasteiger partial charge in [0.2, 0.25) is 0 Å². The Hall–Kier alpha value is -2.24. The van der Waals surface area contributed by atoms with Crippen LogP contribution in [0.2, 0.25) is 0 Å². The van der Waals surface area contributed by atoms with Gasteiger partial charge in [0, 0.05) is 34.8 Å². The predicted molar refractivity (Wildman–Crippen MR) is 119 cm³/mol. The summed E-state index contributed by atoms with van der Waals surface area (Å²) in [5.74, 6) is 1.69. The molecule has 1 N–H and O–H groups in total. The molecule has 5 heteroatoms. The summed E-state index contributed by atoms with van der Waals surface area (Å²) in [6.45, 7) is 3.41. The Balaban J connectivity index is 1.39. The molecular formula is C26H30N2O3. The van der Waals surface area contributed by atoms with E-state index in [1.165, 1.54) is 28.8 Å². The molecule has 1 saturated carbocycles. The molecule has 0 unspecified atom stereocenters. The van der Waals surface area contributed by atoms with Gasteiger partial charge in [-0.25, -0.2) is 0 Å². The van der Waals surface area contributed by atoms with Crippen LogP contribution < -0.4 is 9.64 Å². The molecule has 31 heavy (non-hydrogen) atoms. The molecule has 0 amide bonds. The molecule has 7 rings (SSSR count). The number of piperidine rings is 1. The minimum atomic E-state index is 0.0177. The molecule has 2 bridgehead atoms. The average Bonchev–Trinajstić information content (AvgIpc) is 2.99. The largest absolute Gasteiger partial charge is 0.504 e. The molecule has 162 valence electrons. The molecule has 5 aliphatic rings. The predicted octanol–water partition coefficient (Wildman–Crippen LogP) is 3.47. The molecule has 0 aromatic heterocycles. The monoisotopic (exact) mass is 418 g/mol. The Morgan fingerprint density at radius 1 is 1.03 bits per heavy atom. The normalized spacial score (nSPS) is 35.7. The Bertz CT molecular complexity index is 1050. The lowest BCUT2D eigenvalue weighted by Gasteiger charge is -2.60. The van der Waals surface area contributed by atoms with Crippen molar-refractivity contribution in [1.82, 2.24) is 4.90 Å². The van der Waals surface area contributed by atoms with E-state index in [2.05, 4.69) is 47.2 Å². The van der Waals surface area contributed by atoms with Gasteiger partial charge in [0.15, 0.2) is 11.5 Å². The van der Waals surface area contributed by atoms with Crippen molar-refractivity contribution in [2.45, 2.75) is 55.9 Å². The van der Waals surface area contributed by atoms with E-state index in [-0.39, 0.29) is 11.5 Å². The van der Waals surface area contributed by atoms with E-state index >= 15 is 0 Å². The van der Waals surface area contributed by atoms with Crippen molar-refractivity contribution < 1.29 is 14.6 Å². The summed E-state index contributed by atoms with van der Waals surface area (Å²) in [5, 5.41) is 10.8. The molecular weight excluding hydrogens is 388 g/mol. The molecule has 2 fully saturated rings. The van der Waals surface area contributed by atoms with Crippen LogP contribution in [0.25, 0.3) is 0 Å². The van der Waals surface area contributed by atoms with Gasteiger partial charge in [0.25, 0.3) is 0 Å². The standard InChI is InChI=1S/C26H30N2O3/c1-27-11-10-26-18-7-8-20(28-12-13-30-15-17-4-2-3-5-19(17)28)25(26)31-24-22(29)9-6-16(23(24)26)14-21(18)27/h2-6,9,18,20-21,25,29H,7-8,10-15H2,1H3/t18-,20+,21-,25-,26-/m0/s1. The fourth-order valence-electron chi connectivity index (χ4n) is 7.75. The van der Waals surface area contributed by atoms with E-state index in [1.807, 2.05) is 6.07 Å². The lowest BCUT2D eigenvalue weighted by Crippen LogP contribution is -2.68. The van der Waals surface area contributed by atoms with Crippen LogP contribution in [0.15, 0.2) is 36.4 Å². The van der Waals surface area contributed by atoms with Gasteiger partial charge in [-0.2, -0.15) is 0 Å². The minimum Gasteiger partial charge on any atom is -0.504 e. The summed E-state index contributed by atoms with van der Waals surface area (Å²) in [7, 11) is 2.29. The highest BCUT2D eigenvalue weighted by Crippen LogP contribution is 2.64. The van der Waals surface area contributed by atoms with Crippen molar-refractivity contribution in [1.29, 1.82) is 0 Å². The highest BCUT2D eigenvalue weighted by atomic mass is 16.5. The summed E-state index contributed by atoms with van der Waals surface area (Å²) in [6, 6.07) is 13.6. The van der Waals surface area contributed by atoms with Gasteiger partial charge in [-0.1, -0.05) is 24.3 Å². The maximum Gasteiger partial charge on any atom is 0.165 e. The van der Waals surface area contributed by atoms with E-state index < -0.39 is 0 Å². The van der Waals surface area contributed by atoms with Gasteiger partial charge in [-0.3, -0.25) is 0 Å². The summed E-state index contributed by atoms with van der Waals surface area (Å²) in [5.41, 5.74) is 5.32. The summed E-state index contributed by atoms with van der Waals surface area (Å²) >= 11 is 0. The molecule has 1 saturated heterocycles. The van der Waals surface area contributed by atoms with E-state index in [4.69, 9.17) is 9.47 Å². The minimum absolute atomic E-state index is 0.0177. The number of para-hydroxylation sites is 1. The smallest absolute Gasteiger partial charge is 0.165 e. The third kappa shape index (κ3) is 2.29. The van der Waals surface area contributed by atoms with Crippen molar-refractivity contribution in [3.05, 3.63) is 53.1 Å². The summed E-state index contributed by atoms with van der Waals surface area (Å²) in [4.78, 5) is 5.15. The Morgan fingerprint density at radius 3 is 2.87 bits per heavy atom. The summed E-state index contributed by atoms with van der Waals surface area (Å²) in [6.07, 6.45) is 4.61. The average molecular weight is 419 g/mol. The fourth-order valence-corrected chi connectivity index (χ4v) is 7.75. The molecule has 5 atom stereocenters. The van der Waals surface area contributed by atoms with Gasteiger partial charge < -0.3 is 24.4 Å². The second kappa shape index (κ2) is 6.39. The second-order valence-corrected chi connectivity index (χ2v) is 10.2. The van der Waals surface area contributed by atoms with Crippen LogP contribution in [0.4, 0.5) is 5.69 Å². The maximum absolute atomic E-state index is 10.8. The lowest BCUT2D eigenvalue weighted by molar-refractivity contribution is -0.0526. The number of likely N-dealkylation sites (tertiary alicyclic amines) is 1. The molecule has 2 aromatic rings. The fraction of sp³-hybridized carbons (Fsp3) is 0.538. The van der Waals surface area contributed by atoms with Crippen LogP contribution >= 0.6 is 0 Å². The number of hydrogen-bond acceptors (Lipinski definition) is 5. The first kappa shape index (κ1) is 18.3.